The van der Waals surface area contributed by atoms with E-state index in [-0.39, 0.29) is 36.8 Å². The van der Waals surface area contributed by atoms with Crippen LogP contribution in [0.3, 0.4) is 0 Å². The van der Waals surface area contributed by atoms with Gasteiger partial charge < -0.3 is 58.5 Å². The fourth-order valence-electron chi connectivity index (χ4n) is 10.9. The first-order chi connectivity index (χ1) is 33.3. The topological polar surface area (TPSA) is 257 Å². The lowest BCUT2D eigenvalue weighted by atomic mass is 9.74. The number of rotatable bonds is 17. The highest BCUT2D eigenvalue weighted by Gasteiger charge is 2.54. The normalized spacial score (nSPS) is 39.0. The number of nitro benzene ring substituents is 1. The smallest absolute Gasteiger partial charge is 0.311 e. The zero-order valence-electron chi connectivity index (χ0n) is 44.1. The van der Waals surface area contributed by atoms with Crippen molar-refractivity contribution in [3.8, 4) is 0 Å². The first-order valence-electron chi connectivity index (χ1n) is 25.4. The molecular weight excluding hydrogens is 923 g/mol. The third-order valence-electron chi connectivity index (χ3n) is 15.7. The maximum Gasteiger partial charge on any atom is 0.311 e. The van der Waals surface area contributed by atoms with Crippen LogP contribution in [0.15, 0.2) is 30.5 Å². The number of esters is 1. The molecule has 3 aliphatic heterocycles. The van der Waals surface area contributed by atoms with Gasteiger partial charge in [-0.1, -0.05) is 45.0 Å². The molecule has 20 nitrogen and oxygen atoms in total. The van der Waals surface area contributed by atoms with Crippen LogP contribution in [0.4, 0.5) is 5.69 Å². The molecule has 5 rings (SSSR count). The fraction of sp³-hybridized carbons (Fsp3) is 0.804. The number of unbranched alkanes of at least 4 members (excludes halogenated alkanes) is 1. The third-order valence-corrected chi connectivity index (χ3v) is 15.7. The molecule has 0 amide bonds. The van der Waals surface area contributed by atoms with Gasteiger partial charge in [-0.25, -0.2) is 0 Å². The molecule has 0 unspecified atom stereocenters. The van der Waals surface area contributed by atoms with Crippen molar-refractivity contribution >= 4 is 17.4 Å². The summed E-state index contributed by atoms with van der Waals surface area (Å²) >= 11 is 0. The van der Waals surface area contributed by atoms with Gasteiger partial charge in [-0.15, -0.1) is 5.10 Å². The fourth-order valence-corrected chi connectivity index (χ4v) is 10.9. The molecule has 3 saturated heterocycles. The quantitative estimate of drug-likeness (QED) is 0.0732. The summed E-state index contributed by atoms with van der Waals surface area (Å²) in [6.07, 6.45) is -4.67. The first-order valence-corrected chi connectivity index (χ1v) is 25.4. The van der Waals surface area contributed by atoms with E-state index in [1.807, 2.05) is 31.8 Å². The van der Waals surface area contributed by atoms with Crippen molar-refractivity contribution in [2.75, 3.05) is 27.8 Å². The SMILES string of the molecule is CC[C@H]1OC(=O)[C@H](C)[C@@H](O[C@H]2C[C@@](C)(OC)[C@@H](O)[C@H](C)O2)[C@H](C)[C@@H](O[C@@H]2O[C@H](C)C[C@H](N(C)CCc3cn(CCCCc4ccc([N+](=O)[O-])cc4)nn3)[C@H]2O)[C@](C)(OC)C[C@@H](C)C(=O)[C@H](C)[C@@H](O)[C@]1(C)O. The Morgan fingerprint density at radius 2 is 1.56 bits per heavy atom. The summed E-state index contributed by atoms with van der Waals surface area (Å²) in [4.78, 5) is 41.3. The largest absolute Gasteiger partial charge is 0.459 e. The Hall–Kier alpha value is -3.54. The summed E-state index contributed by atoms with van der Waals surface area (Å²) in [5, 5.41) is 66.4. The zero-order valence-corrected chi connectivity index (χ0v) is 44.1. The number of hydrogen-bond acceptors (Lipinski definition) is 18. The highest BCUT2D eigenvalue weighted by Crippen LogP contribution is 2.42. The second-order valence-electron chi connectivity index (χ2n) is 21.3. The molecule has 3 fully saturated rings. The number of ether oxygens (including phenoxy) is 7. The summed E-state index contributed by atoms with van der Waals surface area (Å²) in [6, 6.07) is 6.17. The lowest BCUT2D eigenvalue weighted by molar-refractivity contribution is -0.384. The van der Waals surface area contributed by atoms with Crippen LogP contribution >= 0.6 is 0 Å². The molecule has 1 aromatic carbocycles. The number of non-ortho nitro benzene ring substituents is 1. The molecule has 0 spiro atoms. The number of benzene rings is 1. The Morgan fingerprint density at radius 3 is 2.18 bits per heavy atom. The van der Waals surface area contributed by atoms with Crippen molar-refractivity contribution in [3.63, 3.8) is 0 Å². The lowest BCUT2D eigenvalue weighted by Gasteiger charge is -2.50. The average molecular weight is 1010 g/mol. The van der Waals surface area contributed by atoms with E-state index in [1.165, 1.54) is 33.3 Å². The van der Waals surface area contributed by atoms with Crippen LogP contribution in [0.2, 0.25) is 0 Å². The second-order valence-corrected chi connectivity index (χ2v) is 21.3. The molecule has 1 aromatic heterocycles. The predicted octanol–water partition coefficient (Wildman–Crippen LogP) is 4.58. The number of aryl methyl sites for hydroxylation is 2. The van der Waals surface area contributed by atoms with Crippen LogP contribution in [0.5, 0.6) is 0 Å². The molecule has 0 radical (unpaired) electrons. The highest BCUT2D eigenvalue weighted by molar-refractivity contribution is 5.83. The first kappa shape index (κ1) is 58.4. The highest BCUT2D eigenvalue weighted by atomic mass is 16.7. The number of carbonyl (C=O) groups excluding carboxylic acids is 2. The molecule has 0 bridgehead atoms. The van der Waals surface area contributed by atoms with Crippen molar-refractivity contribution in [2.24, 2.45) is 23.7 Å². The van der Waals surface area contributed by atoms with E-state index in [1.54, 1.807) is 60.6 Å². The molecule has 0 aliphatic carbocycles. The lowest BCUT2D eigenvalue weighted by Crippen LogP contribution is -2.61. The van der Waals surface area contributed by atoms with E-state index in [9.17, 15) is 40.1 Å². The van der Waals surface area contributed by atoms with Crippen molar-refractivity contribution < 1.29 is 68.1 Å². The average Bonchev–Trinajstić information content (AvgIpc) is 3.80. The summed E-state index contributed by atoms with van der Waals surface area (Å²) in [5.74, 6) is -4.75. The molecule has 0 saturated carbocycles. The number of Topliss-reactive ketones (excluding diaryl/α,β-unsaturated/α-hetero) is 1. The summed E-state index contributed by atoms with van der Waals surface area (Å²) < 4.78 is 46.5. The van der Waals surface area contributed by atoms with Crippen molar-refractivity contribution in [1.82, 2.24) is 19.9 Å². The van der Waals surface area contributed by atoms with Crippen LogP contribution < -0.4 is 0 Å². The predicted molar refractivity (Wildman–Crippen MR) is 260 cm³/mol. The number of carbonyl (C=O) groups is 2. The number of aliphatic hydroxyl groups excluding tert-OH is 3. The van der Waals surface area contributed by atoms with Gasteiger partial charge in [0.2, 0.25) is 0 Å². The number of likely N-dealkylation sites (N-methyl/N-ethyl adjacent to an activating group) is 1. The van der Waals surface area contributed by atoms with Gasteiger partial charge in [0.25, 0.3) is 5.69 Å². The van der Waals surface area contributed by atoms with E-state index in [0.29, 0.717) is 25.9 Å². The molecule has 3 aliphatic rings. The van der Waals surface area contributed by atoms with Crippen molar-refractivity contribution in [1.29, 1.82) is 0 Å². The molecule has 20 heteroatoms. The van der Waals surface area contributed by atoms with Gasteiger partial charge in [-0.2, -0.15) is 0 Å². The maximum atomic E-state index is 14.4. The Balaban J connectivity index is 1.40. The third kappa shape index (κ3) is 13.8. The van der Waals surface area contributed by atoms with Crippen LogP contribution in [-0.2, 0) is 62.1 Å². The minimum atomic E-state index is -2.01. The molecule has 2 aromatic rings. The summed E-state index contributed by atoms with van der Waals surface area (Å²) in [6.45, 7) is 18.2. The number of hydrogen-bond donors (Lipinski definition) is 4. The van der Waals surface area contributed by atoms with E-state index in [0.717, 1.165) is 30.5 Å². The van der Waals surface area contributed by atoms with E-state index in [4.69, 9.17) is 33.2 Å². The molecule has 4 heterocycles. The number of nitro groups is 1. The van der Waals surface area contributed by atoms with Gasteiger partial charge in [0.1, 0.15) is 29.7 Å². The van der Waals surface area contributed by atoms with Gasteiger partial charge in [0.15, 0.2) is 12.6 Å². The minimum Gasteiger partial charge on any atom is -0.459 e. The number of nitrogens with zero attached hydrogens (tertiary/aromatic N) is 5. The standard InChI is InChI=1S/C51H83N5O15/c1-14-39-51(10,62)44(59)31(4)41(57)29(2)26-50(9,66-13)46(32(5)43(33(6)47(61)69-39)70-40-27-49(8,65-12)45(60)34(7)68-40)71-48-42(58)38(25-30(3)67-48)54(11)24-22-36-28-55(53-52-36)23-16-15-17-35-18-20-37(21-19-35)56(63)64/h18-21,28-34,38-40,42-46,48,58-60,62H,14-17,22-27H2,1-13H3/t29-,30-,31+,32+,33-,34+,38+,39-,40+,42-,43+,44-,45+,46-,48+,49-,50-,51-/m1/s1. The van der Waals surface area contributed by atoms with Crippen LogP contribution in [0, 0.1) is 33.8 Å². The molecule has 4 N–H and O–H groups in total. The van der Waals surface area contributed by atoms with E-state index in [2.05, 4.69) is 15.2 Å². The number of methoxy groups -OCH3 is 2. The summed E-state index contributed by atoms with van der Waals surface area (Å²) in [7, 11) is 4.92. The van der Waals surface area contributed by atoms with Crippen LogP contribution in [0.25, 0.3) is 0 Å². The maximum absolute atomic E-state index is 14.4. The molecule has 71 heavy (non-hydrogen) atoms. The van der Waals surface area contributed by atoms with Gasteiger partial charge in [0, 0.05) is 82.3 Å². The number of cyclic esters (lactones) is 1. The Morgan fingerprint density at radius 1 is 0.901 bits per heavy atom. The van der Waals surface area contributed by atoms with Crippen molar-refractivity contribution in [3.05, 3.63) is 51.8 Å². The monoisotopic (exact) mass is 1010 g/mol. The van der Waals surface area contributed by atoms with Crippen LogP contribution in [-0.4, -0.2) is 169 Å². The van der Waals surface area contributed by atoms with Crippen molar-refractivity contribution in [2.45, 2.75) is 211 Å². The molecular formula is C51H83N5O15. The van der Waals surface area contributed by atoms with Gasteiger partial charge in [-0.05, 0) is 92.7 Å². The zero-order chi connectivity index (χ0) is 52.7. The van der Waals surface area contributed by atoms with Gasteiger partial charge in [0.05, 0.1) is 58.3 Å². The van der Waals surface area contributed by atoms with E-state index >= 15 is 0 Å². The number of aliphatic hydroxyl groups is 4. The summed E-state index contributed by atoms with van der Waals surface area (Å²) in [5.41, 5.74) is -2.52. The second kappa shape index (κ2) is 24.7. The van der Waals surface area contributed by atoms with Gasteiger partial charge in [-0.3, -0.25) is 24.4 Å². The molecule has 402 valence electrons. The molecule has 18 atom stereocenters. The van der Waals surface area contributed by atoms with Gasteiger partial charge >= 0.3 is 5.97 Å². The Labute approximate surface area is 419 Å². The van der Waals surface area contributed by atoms with Crippen LogP contribution in [0.1, 0.15) is 119 Å². The Bertz CT molecular complexity index is 2040. The Kier molecular flexibility index (Phi) is 20.3. The minimum absolute atomic E-state index is 0.0619. The number of aromatic nitrogens is 3. The number of ketones is 1. The van der Waals surface area contributed by atoms with E-state index < -0.39 is 113 Å².